The summed E-state index contributed by atoms with van der Waals surface area (Å²) < 4.78 is 5.31. The van der Waals surface area contributed by atoms with E-state index in [1.165, 1.54) is 24.0 Å². The molecule has 2 heterocycles. The molecule has 6 heteroatoms. The second kappa shape index (κ2) is 5.18. The first kappa shape index (κ1) is 14.1. The molecular weight excluding hydrogens is 270 g/mol. The quantitative estimate of drug-likeness (QED) is 0.778. The lowest BCUT2D eigenvalue weighted by atomic mass is 9.99. The Morgan fingerprint density at radius 2 is 2.29 bits per heavy atom. The molecule has 2 fully saturated rings. The summed E-state index contributed by atoms with van der Waals surface area (Å²) in [5, 5.41) is 6.16. The zero-order chi connectivity index (χ0) is 15.0. The summed E-state index contributed by atoms with van der Waals surface area (Å²) in [5.41, 5.74) is -1.09. The third-order valence-corrected chi connectivity index (χ3v) is 4.12. The van der Waals surface area contributed by atoms with E-state index >= 15 is 0 Å². The number of furan rings is 1. The predicted molar refractivity (Wildman–Crippen MR) is 76.5 cm³/mol. The van der Waals surface area contributed by atoms with Gasteiger partial charge in [0.15, 0.2) is 5.54 Å². The lowest BCUT2D eigenvalue weighted by Crippen LogP contribution is -2.41. The number of hydrogen-bond donors (Lipinski definition) is 2. The van der Waals surface area contributed by atoms with Crippen LogP contribution < -0.4 is 10.6 Å². The summed E-state index contributed by atoms with van der Waals surface area (Å²) in [6.07, 6.45) is 3.96. The number of imide groups is 1. The number of rotatable bonds is 6. The minimum absolute atomic E-state index is 0.222. The molecule has 21 heavy (non-hydrogen) atoms. The average Bonchev–Trinajstić information content (AvgIpc) is 3.05. The summed E-state index contributed by atoms with van der Waals surface area (Å²) in [7, 11) is 0. The van der Waals surface area contributed by atoms with E-state index < -0.39 is 5.54 Å². The standard InChI is InChI=1S/C15H21N3O3/c1-10(8-16-11-5-6-11)9-18-13(19)15(2,17-14(18)20)12-4-3-7-21-12/h3-4,7,10-11,16H,5-6,8-9H2,1-2H3,(H,17,20). The topological polar surface area (TPSA) is 74.6 Å². The molecule has 1 saturated heterocycles. The number of hydrogen-bond acceptors (Lipinski definition) is 4. The molecular formula is C15H21N3O3. The van der Waals surface area contributed by atoms with E-state index in [2.05, 4.69) is 10.6 Å². The maximum atomic E-state index is 12.6. The van der Waals surface area contributed by atoms with Crippen LogP contribution in [0, 0.1) is 5.92 Å². The summed E-state index contributed by atoms with van der Waals surface area (Å²) in [6, 6.07) is 3.70. The van der Waals surface area contributed by atoms with Gasteiger partial charge >= 0.3 is 6.03 Å². The zero-order valence-electron chi connectivity index (χ0n) is 12.4. The fourth-order valence-electron chi connectivity index (χ4n) is 2.62. The zero-order valence-corrected chi connectivity index (χ0v) is 12.4. The third kappa shape index (κ3) is 2.68. The highest BCUT2D eigenvalue weighted by Crippen LogP contribution is 2.29. The van der Waals surface area contributed by atoms with Crippen molar-refractivity contribution in [3.63, 3.8) is 0 Å². The fourth-order valence-corrected chi connectivity index (χ4v) is 2.62. The van der Waals surface area contributed by atoms with Crippen LogP contribution in [-0.2, 0) is 10.3 Å². The van der Waals surface area contributed by atoms with Crippen LogP contribution in [0.3, 0.4) is 0 Å². The molecule has 2 N–H and O–H groups in total. The second-order valence-electron chi connectivity index (χ2n) is 6.24. The molecule has 1 aromatic heterocycles. The summed E-state index contributed by atoms with van der Waals surface area (Å²) in [5.74, 6) is 0.437. The van der Waals surface area contributed by atoms with Crippen molar-refractivity contribution in [3.8, 4) is 0 Å². The lowest BCUT2D eigenvalue weighted by Gasteiger charge is -2.21. The molecule has 0 bridgehead atoms. The largest absolute Gasteiger partial charge is 0.466 e. The van der Waals surface area contributed by atoms with Crippen LogP contribution in [-0.4, -0.2) is 36.0 Å². The van der Waals surface area contributed by atoms with E-state index in [9.17, 15) is 9.59 Å². The van der Waals surface area contributed by atoms with E-state index in [0.29, 0.717) is 18.3 Å². The van der Waals surface area contributed by atoms with Crippen molar-refractivity contribution in [1.82, 2.24) is 15.5 Å². The van der Waals surface area contributed by atoms with Gasteiger partial charge in [0.2, 0.25) is 0 Å². The van der Waals surface area contributed by atoms with Crippen molar-refractivity contribution < 1.29 is 14.0 Å². The number of carbonyl (C=O) groups is 2. The van der Waals surface area contributed by atoms with Crippen LogP contribution in [0.5, 0.6) is 0 Å². The maximum Gasteiger partial charge on any atom is 0.325 e. The molecule has 0 radical (unpaired) electrons. The van der Waals surface area contributed by atoms with Crippen LogP contribution >= 0.6 is 0 Å². The first-order chi connectivity index (χ1) is 10.0. The minimum Gasteiger partial charge on any atom is -0.466 e. The van der Waals surface area contributed by atoms with Gasteiger partial charge in [-0.3, -0.25) is 9.69 Å². The second-order valence-corrected chi connectivity index (χ2v) is 6.24. The monoisotopic (exact) mass is 291 g/mol. The normalized spacial score (nSPS) is 27.0. The van der Waals surface area contributed by atoms with Gasteiger partial charge in [-0.05, 0) is 44.4 Å². The number of nitrogens with zero attached hydrogens (tertiary/aromatic N) is 1. The average molecular weight is 291 g/mol. The minimum atomic E-state index is -1.09. The molecule has 1 saturated carbocycles. The summed E-state index contributed by atoms with van der Waals surface area (Å²) in [6.45, 7) is 4.96. The maximum absolute atomic E-state index is 12.6. The Hall–Kier alpha value is -1.82. The Balaban J connectivity index is 1.65. The molecule has 114 valence electrons. The highest BCUT2D eigenvalue weighted by molar-refractivity contribution is 6.06. The van der Waals surface area contributed by atoms with Gasteiger partial charge in [-0.15, -0.1) is 0 Å². The van der Waals surface area contributed by atoms with Gasteiger partial charge < -0.3 is 15.1 Å². The van der Waals surface area contributed by atoms with Crippen molar-refractivity contribution in [2.24, 2.45) is 5.92 Å². The number of amides is 3. The molecule has 1 aromatic rings. The SMILES string of the molecule is CC(CNC1CC1)CN1C(=O)NC(C)(c2ccco2)C1=O. The molecule has 3 rings (SSSR count). The van der Waals surface area contributed by atoms with Gasteiger partial charge in [0.05, 0.1) is 6.26 Å². The summed E-state index contributed by atoms with van der Waals surface area (Å²) in [4.78, 5) is 26.0. The fraction of sp³-hybridized carbons (Fsp3) is 0.600. The van der Waals surface area contributed by atoms with Gasteiger partial charge in [0, 0.05) is 12.6 Å². The van der Waals surface area contributed by atoms with Crippen molar-refractivity contribution in [2.75, 3.05) is 13.1 Å². The van der Waals surface area contributed by atoms with Crippen LogP contribution in [0.2, 0.25) is 0 Å². The molecule has 3 amide bonds. The van der Waals surface area contributed by atoms with Gasteiger partial charge in [-0.1, -0.05) is 6.92 Å². The third-order valence-electron chi connectivity index (χ3n) is 4.12. The predicted octanol–water partition coefficient (Wildman–Crippen LogP) is 1.43. The summed E-state index contributed by atoms with van der Waals surface area (Å²) >= 11 is 0. The highest BCUT2D eigenvalue weighted by Gasteiger charge is 2.51. The number of nitrogens with one attached hydrogen (secondary N) is 2. The van der Waals surface area contributed by atoms with Crippen molar-refractivity contribution >= 4 is 11.9 Å². The van der Waals surface area contributed by atoms with Gasteiger partial charge in [-0.2, -0.15) is 0 Å². The van der Waals surface area contributed by atoms with Crippen LogP contribution in [0.4, 0.5) is 4.79 Å². The van der Waals surface area contributed by atoms with E-state index in [-0.39, 0.29) is 17.9 Å². The molecule has 0 aromatic carbocycles. The molecule has 2 atom stereocenters. The Bertz CT molecular complexity index is 538. The van der Waals surface area contributed by atoms with Crippen LogP contribution in [0.15, 0.2) is 22.8 Å². The Morgan fingerprint density at radius 3 is 2.90 bits per heavy atom. The van der Waals surface area contributed by atoms with Crippen LogP contribution in [0.25, 0.3) is 0 Å². The van der Waals surface area contributed by atoms with Crippen molar-refractivity contribution in [1.29, 1.82) is 0 Å². The smallest absolute Gasteiger partial charge is 0.325 e. The van der Waals surface area contributed by atoms with Gasteiger partial charge in [0.1, 0.15) is 5.76 Å². The lowest BCUT2D eigenvalue weighted by molar-refractivity contribution is -0.132. The van der Waals surface area contributed by atoms with Crippen molar-refractivity contribution in [3.05, 3.63) is 24.2 Å². The molecule has 2 unspecified atom stereocenters. The molecule has 0 spiro atoms. The molecule has 1 aliphatic carbocycles. The van der Waals surface area contributed by atoms with E-state index in [0.717, 1.165) is 6.54 Å². The van der Waals surface area contributed by atoms with Gasteiger partial charge in [0.25, 0.3) is 5.91 Å². The van der Waals surface area contributed by atoms with Crippen molar-refractivity contribution in [2.45, 2.75) is 38.3 Å². The highest BCUT2D eigenvalue weighted by atomic mass is 16.3. The van der Waals surface area contributed by atoms with E-state index in [4.69, 9.17) is 4.42 Å². The molecule has 6 nitrogen and oxygen atoms in total. The number of carbonyl (C=O) groups excluding carboxylic acids is 2. The van der Waals surface area contributed by atoms with E-state index in [1.54, 1.807) is 19.1 Å². The molecule has 2 aliphatic rings. The first-order valence-corrected chi connectivity index (χ1v) is 7.42. The van der Waals surface area contributed by atoms with Gasteiger partial charge in [-0.25, -0.2) is 4.79 Å². The van der Waals surface area contributed by atoms with E-state index in [1.807, 2.05) is 6.92 Å². The Labute approximate surface area is 123 Å². The molecule has 1 aliphatic heterocycles. The Kier molecular flexibility index (Phi) is 3.49. The van der Waals surface area contributed by atoms with Crippen LogP contribution in [0.1, 0.15) is 32.4 Å². The Morgan fingerprint density at radius 1 is 1.52 bits per heavy atom. The first-order valence-electron chi connectivity index (χ1n) is 7.42. The number of urea groups is 1.